The molecule has 0 radical (unpaired) electrons. The van der Waals surface area contributed by atoms with E-state index in [1.54, 1.807) is 0 Å². The van der Waals surface area contributed by atoms with E-state index in [-0.39, 0.29) is 12.0 Å². The largest absolute Gasteiger partial charge is 0.490 e. The number of carboxylic acid groups (broad SMARTS) is 2. The third-order valence-corrected chi connectivity index (χ3v) is 7.62. The number of aryl methyl sites for hydroxylation is 2. The number of oxazole rings is 1. The van der Waals surface area contributed by atoms with Gasteiger partial charge in [0, 0.05) is 18.7 Å². The summed E-state index contributed by atoms with van der Waals surface area (Å²) >= 11 is 0. The Morgan fingerprint density at radius 1 is 1.05 bits per heavy atom. The number of ether oxygens (including phenoxy) is 1. The molecular formula is C33H41F3N2O6. The summed E-state index contributed by atoms with van der Waals surface area (Å²) in [6.45, 7) is 9.81. The minimum atomic E-state index is -5.08. The zero-order chi connectivity index (χ0) is 32.4. The van der Waals surface area contributed by atoms with Crippen LogP contribution in [0.15, 0.2) is 59.0 Å². The molecule has 2 aromatic carbocycles. The molecule has 44 heavy (non-hydrogen) atoms. The molecule has 0 aliphatic heterocycles. The zero-order valence-corrected chi connectivity index (χ0v) is 25.5. The van der Waals surface area contributed by atoms with Crippen LogP contribution < -0.4 is 0 Å². The molecule has 1 heterocycles. The summed E-state index contributed by atoms with van der Waals surface area (Å²) in [6.07, 6.45) is -0.823. The second kappa shape index (κ2) is 15.9. The molecule has 4 rings (SSSR count). The fourth-order valence-corrected chi connectivity index (χ4v) is 5.43. The number of carboxylic acids is 2. The van der Waals surface area contributed by atoms with Gasteiger partial charge in [-0.2, -0.15) is 13.2 Å². The van der Waals surface area contributed by atoms with Gasteiger partial charge >= 0.3 is 18.1 Å². The predicted molar refractivity (Wildman–Crippen MR) is 159 cm³/mol. The van der Waals surface area contributed by atoms with E-state index >= 15 is 0 Å². The second-order valence-corrected chi connectivity index (χ2v) is 11.6. The molecule has 8 nitrogen and oxygen atoms in total. The summed E-state index contributed by atoms with van der Waals surface area (Å²) in [5.74, 6) is -1.67. The van der Waals surface area contributed by atoms with Crippen molar-refractivity contribution in [2.45, 2.75) is 84.9 Å². The van der Waals surface area contributed by atoms with E-state index in [4.69, 9.17) is 24.0 Å². The molecule has 3 atom stereocenters. The van der Waals surface area contributed by atoms with Gasteiger partial charge in [0.05, 0.1) is 12.7 Å². The van der Waals surface area contributed by atoms with Gasteiger partial charge in [0.2, 0.25) is 5.89 Å². The average Bonchev–Trinajstić information content (AvgIpc) is 3.32. The quantitative estimate of drug-likeness (QED) is 0.231. The highest BCUT2D eigenvalue weighted by molar-refractivity contribution is 5.74. The van der Waals surface area contributed by atoms with Gasteiger partial charge in [-0.3, -0.25) is 9.69 Å². The zero-order valence-electron chi connectivity index (χ0n) is 25.5. The van der Waals surface area contributed by atoms with Crippen LogP contribution in [0.3, 0.4) is 0 Å². The Labute approximate surface area is 255 Å². The lowest BCUT2D eigenvalue weighted by molar-refractivity contribution is -0.192. The number of hydrogen-bond acceptors (Lipinski definition) is 6. The lowest BCUT2D eigenvalue weighted by atomic mass is 9.86. The topological polar surface area (TPSA) is 113 Å². The Morgan fingerprint density at radius 2 is 1.68 bits per heavy atom. The van der Waals surface area contributed by atoms with Crippen molar-refractivity contribution >= 4 is 11.9 Å². The molecule has 1 aliphatic carbocycles. The second-order valence-electron chi connectivity index (χ2n) is 11.6. The highest BCUT2D eigenvalue weighted by Crippen LogP contribution is 2.30. The summed E-state index contributed by atoms with van der Waals surface area (Å²) in [5.41, 5.74) is 4.15. The lowest BCUT2D eigenvalue weighted by Gasteiger charge is -2.37. The van der Waals surface area contributed by atoms with Crippen LogP contribution in [-0.4, -0.2) is 56.9 Å². The minimum absolute atomic E-state index is 0.0229. The third-order valence-electron chi connectivity index (χ3n) is 7.62. The van der Waals surface area contributed by atoms with E-state index < -0.39 is 24.2 Å². The fourth-order valence-electron chi connectivity index (χ4n) is 5.43. The van der Waals surface area contributed by atoms with Crippen LogP contribution in [-0.2, 0) is 27.5 Å². The van der Waals surface area contributed by atoms with Crippen LogP contribution in [0.4, 0.5) is 13.2 Å². The van der Waals surface area contributed by atoms with Crippen LogP contribution in [0, 0.1) is 25.7 Å². The number of benzene rings is 2. The first-order valence-corrected chi connectivity index (χ1v) is 14.7. The van der Waals surface area contributed by atoms with Gasteiger partial charge in [-0.25, -0.2) is 9.78 Å². The van der Waals surface area contributed by atoms with E-state index in [9.17, 15) is 23.1 Å². The number of carbonyl (C=O) groups is 2. The Morgan fingerprint density at radius 3 is 2.25 bits per heavy atom. The molecule has 240 valence electrons. The van der Waals surface area contributed by atoms with Crippen LogP contribution in [0.1, 0.15) is 62.1 Å². The maximum atomic E-state index is 12.2. The van der Waals surface area contributed by atoms with Gasteiger partial charge in [0.1, 0.15) is 17.5 Å². The van der Waals surface area contributed by atoms with Crippen LogP contribution in [0.2, 0.25) is 0 Å². The molecule has 0 bridgehead atoms. The molecule has 1 saturated carbocycles. The first-order chi connectivity index (χ1) is 20.7. The number of aliphatic carboxylic acids is 2. The number of alkyl halides is 3. The van der Waals surface area contributed by atoms with E-state index in [1.807, 2.05) is 51.1 Å². The van der Waals surface area contributed by atoms with Gasteiger partial charge in [-0.1, -0.05) is 68.3 Å². The van der Waals surface area contributed by atoms with Crippen molar-refractivity contribution < 1.29 is 42.1 Å². The predicted octanol–water partition coefficient (Wildman–Crippen LogP) is 7.28. The smallest absolute Gasteiger partial charge is 0.480 e. The number of nitrogens with zero attached hydrogens (tertiary/aromatic N) is 2. The SMILES string of the molecule is Cc1ccc(-c2nc(CO[C@@H]3CCC[C@H](CN(Cc4ccccc4)[C@H](C(=O)O)C(C)C)C3)c(C)o2)cc1.O=C(O)C(F)(F)F. The summed E-state index contributed by atoms with van der Waals surface area (Å²) in [4.78, 5) is 28.0. The van der Waals surface area contributed by atoms with Gasteiger partial charge in [0.15, 0.2) is 0 Å². The number of halogens is 3. The molecule has 0 amide bonds. The fraction of sp³-hybridized carbons (Fsp3) is 0.485. The first-order valence-electron chi connectivity index (χ1n) is 14.7. The van der Waals surface area contributed by atoms with Crippen molar-refractivity contribution in [2.75, 3.05) is 6.54 Å². The van der Waals surface area contributed by atoms with Crippen molar-refractivity contribution in [3.8, 4) is 11.5 Å². The molecular weight excluding hydrogens is 577 g/mol. The van der Waals surface area contributed by atoms with E-state index in [0.29, 0.717) is 25.0 Å². The average molecular weight is 619 g/mol. The Balaban J connectivity index is 0.000000676. The first kappa shape index (κ1) is 34.8. The van der Waals surface area contributed by atoms with Gasteiger partial charge in [-0.15, -0.1) is 0 Å². The van der Waals surface area contributed by atoms with E-state index in [0.717, 1.165) is 54.8 Å². The van der Waals surface area contributed by atoms with E-state index in [1.165, 1.54) is 5.56 Å². The molecule has 0 saturated heterocycles. The Bertz CT molecular complexity index is 1340. The Hall–Kier alpha value is -3.70. The maximum absolute atomic E-state index is 12.2. The summed E-state index contributed by atoms with van der Waals surface area (Å²) in [7, 11) is 0. The van der Waals surface area contributed by atoms with Gasteiger partial charge in [-0.05, 0) is 62.6 Å². The molecule has 0 spiro atoms. The molecule has 2 N–H and O–H groups in total. The third kappa shape index (κ3) is 10.5. The van der Waals surface area contributed by atoms with Crippen LogP contribution >= 0.6 is 0 Å². The highest BCUT2D eigenvalue weighted by atomic mass is 19.4. The Kier molecular flexibility index (Phi) is 12.5. The van der Waals surface area contributed by atoms with Crippen molar-refractivity contribution in [3.05, 3.63) is 77.2 Å². The normalized spacial score (nSPS) is 17.7. The molecule has 1 aliphatic rings. The standard InChI is InChI=1S/C31H40N2O4.C2HF3O2/c1-21(2)29(31(34)35)33(18-24-9-6-5-7-10-24)19-25-11-8-12-27(17-25)36-20-28-23(4)37-30(32-28)26-15-13-22(3)14-16-26;3-2(4,5)1(6)7/h5-7,9-10,13-16,21,25,27,29H,8,11-12,17-20H2,1-4H3,(H,34,35);(H,6,7)/t25-,27+,29-;/m0./s1. The van der Waals surface area contributed by atoms with Crippen LogP contribution in [0.5, 0.6) is 0 Å². The molecule has 3 aromatic rings. The van der Waals surface area contributed by atoms with Crippen molar-refractivity contribution in [1.29, 1.82) is 0 Å². The summed E-state index contributed by atoms with van der Waals surface area (Å²) in [5, 5.41) is 17.2. The van der Waals surface area contributed by atoms with Crippen molar-refractivity contribution in [2.24, 2.45) is 11.8 Å². The number of rotatable bonds is 11. The van der Waals surface area contributed by atoms with Crippen molar-refractivity contribution in [1.82, 2.24) is 9.88 Å². The van der Waals surface area contributed by atoms with Crippen LogP contribution in [0.25, 0.3) is 11.5 Å². The molecule has 1 fully saturated rings. The summed E-state index contributed by atoms with van der Waals surface area (Å²) < 4.78 is 44.0. The lowest BCUT2D eigenvalue weighted by Crippen LogP contribution is -2.47. The molecule has 0 unspecified atom stereocenters. The van der Waals surface area contributed by atoms with E-state index in [2.05, 4.69) is 36.1 Å². The molecule has 11 heteroatoms. The number of aromatic nitrogens is 1. The van der Waals surface area contributed by atoms with Crippen molar-refractivity contribution in [3.63, 3.8) is 0 Å². The highest BCUT2D eigenvalue weighted by Gasteiger charge is 2.38. The monoisotopic (exact) mass is 618 g/mol. The number of hydrogen-bond donors (Lipinski definition) is 2. The van der Waals surface area contributed by atoms with Gasteiger partial charge < -0.3 is 19.4 Å². The maximum Gasteiger partial charge on any atom is 0.490 e. The summed E-state index contributed by atoms with van der Waals surface area (Å²) in [6, 6.07) is 17.8. The van der Waals surface area contributed by atoms with Gasteiger partial charge in [0.25, 0.3) is 0 Å². The minimum Gasteiger partial charge on any atom is -0.480 e. The molecule has 1 aromatic heterocycles.